The van der Waals surface area contributed by atoms with Crippen LogP contribution in [0.15, 0.2) is 0 Å². The van der Waals surface area contributed by atoms with Crippen molar-refractivity contribution in [3.05, 3.63) is 0 Å². The van der Waals surface area contributed by atoms with E-state index < -0.39 is 60.6 Å². The van der Waals surface area contributed by atoms with Gasteiger partial charge in [-0.1, -0.05) is 84.0 Å². The maximum absolute atomic E-state index is 13.3. The van der Waals surface area contributed by atoms with Gasteiger partial charge < -0.3 is 48.1 Å². The molecule has 14 nitrogen and oxygen atoms in total. The first-order valence-electron chi connectivity index (χ1n) is 18.6. The Hall–Kier alpha value is -2.81. The maximum atomic E-state index is 13.3. The Labute approximate surface area is 293 Å². The summed E-state index contributed by atoms with van der Waals surface area (Å²) in [6.45, 7) is 3.42. The summed E-state index contributed by atoms with van der Waals surface area (Å²) in [5.41, 5.74) is 11.2. The van der Waals surface area contributed by atoms with Gasteiger partial charge in [0.15, 0.2) is 0 Å². The van der Waals surface area contributed by atoms with Crippen molar-refractivity contribution in [3.8, 4) is 0 Å². The van der Waals surface area contributed by atoms with E-state index in [1.54, 1.807) is 0 Å². The third-order valence-corrected chi connectivity index (χ3v) is 8.55. The monoisotopic (exact) mass is 701 g/mol. The summed E-state index contributed by atoms with van der Waals surface area (Å²) in [6, 6.07) is -5.22. The first-order chi connectivity index (χ1) is 23.5. The lowest BCUT2D eigenvalue weighted by Crippen LogP contribution is -2.60. The van der Waals surface area contributed by atoms with Gasteiger partial charge in [0.05, 0.1) is 12.7 Å². The lowest BCUT2D eigenvalue weighted by atomic mass is 10.0. The summed E-state index contributed by atoms with van der Waals surface area (Å²) >= 11 is 0. The van der Waals surface area contributed by atoms with Crippen molar-refractivity contribution < 1.29 is 39.3 Å². The van der Waals surface area contributed by atoms with Crippen molar-refractivity contribution in [2.24, 2.45) is 11.5 Å². The van der Waals surface area contributed by atoms with Gasteiger partial charge in [0.1, 0.15) is 24.2 Å². The number of carbonyl (C=O) groups excluding carboxylic acids is 4. The molecule has 0 aliphatic carbocycles. The Bertz CT molecular complexity index is 923. The van der Waals surface area contributed by atoms with Gasteiger partial charge in [-0.15, -0.1) is 0 Å². The van der Waals surface area contributed by atoms with E-state index in [0.29, 0.717) is 45.2 Å². The predicted molar refractivity (Wildman–Crippen MR) is 190 cm³/mol. The second kappa shape index (κ2) is 30.1. The highest BCUT2D eigenvalue weighted by molar-refractivity contribution is 5.95. The number of aliphatic carboxylic acids is 1. The van der Waals surface area contributed by atoms with Crippen molar-refractivity contribution in [2.75, 3.05) is 19.7 Å². The van der Waals surface area contributed by atoms with Gasteiger partial charge in [-0.2, -0.15) is 0 Å². The smallest absolute Gasteiger partial charge is 0.328 e. The molecule has 4 amide bonds. The summed E-state index contributed by atoms with van der Waals surface area (Å²) in [4.78, 5) is 63.5. The molecule has 0 radical (unpaired) electrons. The van der Waals surface area contributed by atoms with Gasteiger partial charge >= 0.3 is 5.97 Å². The molecule has 0 saturated heterocycles. The van der Waals surface area contributed by atoms with Crippen LogP contribution in [0, 0.1) is 0 Å². The standard InChI is InChI=1S/C35H68N6O8/c1-3-4-5-6-7-8-9-10-11-12-13-14-15-22-30(44)38-27(20-16-18-23-36)33(46)41-31(26(2)43)34(47)39-28(21-17-19-24-37)32(45)40-29(25-42)35(48)49/h26-29,31,42-43H,3-25,36-37H2,1-2H3,(H,38,44)(H,39,47)(H,40,45)(H,41,46)(H,48,49)/t26-,27+,28+,29+,31+/m1/s1. The molecule has 0 fully saturated rings. The summed E-state index contributed by atoms with van der Waals surface area (Å²) in [6.07, 6.45) is 16.9. The van der Waals surface area contributed by atoms with Crippen LogP contribution >= 0.6 is 0 Å². The van der Waals surface area contributed by atoms with Crippen molar-refractivity contribution in [2.45, 2.75) is 173 Å². The molecule has 0 aromatic rings. The molecule has 0 spiro atoms. The molecule has 0 saturated carbocycles. The van der Waals surface area contributed by atoms with Gasteiger partial charge in [0.2, 0.25) is 23.6 Å². The van der Waals surface area contributed by atoms with Crippen LogP contribution in [0.2, 0.25) is 0 Å². The van der Waals surface area contributed by atoms with E-state index in [4.69, 9.17) is 11.5 Å². The maximum Gasteiger partial charge on any atom is 0.328 e. The number of carboxylic acid groups (broad SMARTS) is 1. The zero-order valence-corrected chi connectivity index (χ0v) is 30.2. The number of aliphatic hydroxyl groups excluding tert-OH is 2. The van der Waals surface area contributed by atoms with Crippen molar-refractivity contribution in [1.29, 1.82) is 0 Å². The normalized spacial score (nSPS) is 14.2. The first-order valence-corrected chi connectivity index (χ1v) is 18.6. The molecule has 0 aliphatic rings. The molecule has 0 unspecified atom stereocenters. The molecule has 5 atom stereocenters. The Morgan fingerprint density at radius 3 is 1.43 bits per heavy atom. The van der Waals surface area contributed by atoms with Crippen LogP contribution in [0.4, 0.5) is 0 Å². The number of amides is 4. The second-order valence-electron chi connectivity index (χ2n) is 13.1. The molecule has 286 valence electrons. The topological polar surface area (TPSA) is 246 Å². The first kappa shape index (κ1) is 46.2. The Morgan fingerprint density at radius 2 is 1.00 bits per heavy atom. The highest BCUT2D eigenvalue weighted by Gasteiger charge is 2.33. The minimum Gasteiger partial charge on any atom is -0.480 e. The third kappa shape index (κ3) is 23.3. The molecule has 0 rings (SSSR count). The Morgan fingerprint density at radius 1 is 0.571 bits per heavy atom. The van der Waals surface area contributed by atoms with Gasteiger partial charge in [0, 0.05) is 6.42 Å². The van der Waals surface area contributed by atoms with Crippen LogP contribution in [0.1, 0.15) is 142 Å². The van der Waals surface area contributed by atoms with E-state index in [9.17, 15) is 39.3 Å². The Kier molecular flexibility index (Phi) is 28.3. The molecule has 0 bridgehead atoms. The van der Waals surface area contributed by atoms with Crippen LogP contribution in [0.5, 0.6) is 0 Å². The van der Waals surface area contributed by atoms with Crippen LogP contribution < -0.4 is 32.7 Å². The number of carboxylic acids is 1. The highest BCUT2D eigenvalue weighted by Crippen LogP contribution is 2.13. The number of carbonyl (C=O) groups is 5. The van der Waals surface area contributed by atoms with E-state index in [1.165, 1.54) is 64.7 Å². The zero-order chi connectivity index (χ0) is 36.9. The lowest BCUT2D eigenvalue weighted by molar-refractivity contribution is -0.143. The average molecular weight is 701 g/mol. The minimum absolute atomic E-state index is 0.101. The van der Waals surface area contributed by atoms with E-state index in [1.807, 2.05) is 0 Å². The van der Waals surface area contributed by atoms with Gasteiger partial charge in [-0.25, -0.2) is 4.79 Å². The van der Waals surface area contributed by atoms with Gasteiger partial charge in [0.25, 0.3) is 0 Å². The number of hydrogen-bond donors (Lipinski definition) is 9. The van der Waals surface area contributed by atoms with E-state index in [0.717, 1.165) is 19.3 Å². The van der Waals surface area contributed by atoms with Crippen molar-refractivity contribution >= 4 is 29.6 Å². The number of hydrogen-bond acceptors (Lipinski definition) is 9. The Balaban J connectivity index is 5.07. The molecule has 14 heteroatoms. The van der Waals surface area contributed by atoms with E-state index in [2.05, 4.69) is 28.2 Å². The fourth-order valence-electron chi connectivity index (χ4n) is 5.47. The summed E-state index contributed by atoms with van der Waals surface area (Å²) < 4.78 is 0. The molecule has 49 heavy (non-hydrogen) atoms. The second-order valence-corrected chi connectivity index (χ2v) is 13.1. The number of nitrogens with two attached hydrogens (primary N) is 2. The molecular weight excluding hydrogens is 632 g/mol. The quantitative estimate of drug-likeness (QED) is 0.0463. The molecule has 11 N–H and O–H groups in total. The van der Waals surface area contributed by atoms with Crippen molar-refractivity contribution in [1.82, 2.24) is 21.3 Å². The third-order valence-electron chi connectivity index (χ3n) is 8.55. The molecule has 0 aromatic heterocycles. The van der Waals surface area contributed by atoms with Crippen LogP contribution in [0.25, 0.3) is 0 Å². The van der Waals surface area contributed by atoms with Gasteiger partial charge in [-0.05, 0) is 65.0 Å². The fourth-order valence-corrected chi connectivity index (χ4v) is 5.47. The van der Waals surface area contributed by atoms with Crippen LogP contribution in [0.3, 0.4) is 0 Å². The fraction of sp³-hybridized carbons (Fsp3) is 0.857. The largest absolute Gasteiger partial charge is 0.480 e. The minimum atomic E-state index is -1.58. The molecule has 0 aromatic carbocycles. The summed E-state index contributed by atoms with van der Waals surface area (Å²) in [7, 11) is 0. The summed E-state index contributed by atoms with van der Waals surface area (Å²) in [5, 5.41) is 38.9. The average Bonchev–Trinajstić information content (AvgIpc) is 3.06. The SMILES string of the molecule is CCCCCCCCCCCCCCCC(=O)N[C@@H](CCCCN)C(=O)N[C@H](C(=O)N[C@@H](CCCCN)C(=O)N[C@@H](CO)C(=O)O)[C@@H](C)O. The molecule has 0 heterocycles. The molecular formula is C35H68N6O8. The number of aliphatic hydroxyl groups is 2. The van der Waals surface area contributed by atoms with Crippen LogP contribution in [-0.4, -0.2) is 94.9 Å². The van der Waals surface area contributed by atoms with Crippen LogP contribution in [-0.2, 0) is 24.0 Å². The van der Waals surface area contributed by atoms with Gasteiger partial charge in [-0.3, -0.25) is 19.2 Å². The number of rotatable bonds is 32. The highest BCUT2D eigenvalue weighted by atomic mass is 16.4. The molecule has 0 aliphatic heterocycles. The van der Waals surface area contributed by atoms with Crippen molar-refractivity contribution in [3.63, 3.8) is 0 Å². The lowest BCUT2D eigenvalue weighted by Gasteiger charge is -2.27. The number of unbranched alkanes of at least 4 members (excludes halogenated alkanes) is 14. The number of nitrogens with one attached hydrogen (secondary N) is 4. The zero-order valence-electron chi connectivity index (χ0n) is 30.2. The van der Waals surface area contributed by atoms with E-state index >= 15 is 0 Å². The van der Waals surface area contributed by atoms with E-state index in [-0.39, 0.29) is 25.2 Å². The predicted octanol–water partition coefficient (Wildman–Crippen LogP) is 2.12. The summed E-state index contributed by atoms with van der Waals surface area (Å²) in [5.74, 6) is -4.10.